The lowest BCUT2D eigenvalue weighted by Gasteiger charge is -2.55. The van der Waals surface area contributed by atoms with E-state index < -0.39 is 0 Å². The van der Waals surface area contributed by atoms with Gasteiger partial charge in [-0.15, -0.1) is 0 Å². The minimum absolute atomic E-state index is 0.0581. The minimum Gasteiger partial charge on any atom is -0.382 e. The van der Waals surface area contributed by atoms with Crippen LogP contribution in [0.1, 0.15) is 32.1 Å². The van der Waals surface area contributed by atoms with E-state index in [2.05, 4.69) is 0 Å². The number of carbonyl (C=O) groups is 1. The van der Waals surface area contributed by atoms with Gasteiger partial charge in [-0.25, -0.2) is 0 Å². The maximum absolute atomic E-state index is 12.0. The molecule has 4 heteroatoms. The normalized spacial score (nSPS) is 41.6. The Morgan fingerprint density at radius 1 is 1.17 bits per heavy atom. The minimum atomic E-state index is -0.0581. The van der Waals surface area contributed by atoms with Gasteiger partial charge in [0.15, 0.2) is 0 Å². The third kappa shape index (κ3) is 2.22. The molecule has 0 amide bonds. The Kier molecular flexibility index (Phi) is 3.43. The van der Waals surface area contributed by atoms with E-state index >= 15 is 0 Å². The second-order valence-electron chi connectivity index (χ2n) is 6.09. The Morgan fingerprint density at radius 3 is 2.56 bits per heavy atom. The fourth-order valence-electron chi connectivity index (χ4n) is 4.22. The van der Waals surface area contributed by atoms with Gasteiger partial charge in [0, 0.05) is 18.9 Å². The molecule has 0 aromatic carbocycles. The van der Waals surface area contributed by atoms with E-state index in [1.807, 2.05) is 0 Å². The van der Waals surface area contributed by atoms with Crippen molar-refractivity contribution in [3.63, 3.8) is 0 Å². The fraction of sp³-hybridized carbons (Fsp3) is 0.929. The lowest BCUT2D eigenvalue weighted by atomic mass is 9.53. The summed E-state index contributed by atoms with van der Waals surface area (Å²) < 4.78 is 16.3. The van der Waals surface area contributed by atoms with E-state index in [1.165, 1.54) is 0 Å². The first-order chi connectivity index (χ1) is 8.72. The summed E-state index contributed by atoms with van der Waals surface area (Å²) in [6.45, 7) is 1.51. The Labute approximate surface area is 108 Å². The van der Waals surface area contributed by atoms with Crippen LogP contribution in [-0.2, 0) is 19.0 Å². The Bertz CT molecular complexity index is 310. The van der Waals surface area contributed by atoms with Crippen LogP contribution in [-0.4, -0.2) is 38.5 Å². The van der Waals surface area contributed by atoms with Gasteiger partial charge in [-0.3, -0.25) is 4.79 Å². The van der Waals surface area contributed by atoms with Gasteiger partial charge in [0.2, 0.25) is 0 Å². The first-order valence-electron chi connectivity index (χ1n) is 6.97. The van der Waals surface area contributed by atoms with Crippen molar-refractivity contribution in [2.45, 2.75) is 37.7 Å². The maximum Gasteiger partial charge on any atom is 0.147 e. The Hall–Kier alpha value is -0.450. The summed E-state index contributed by atoms with van der Waals surface area (Å²) in [5.74, 6) is 1.76. The quantitative estimate of drug-likeness (QED) is 0.535. The van der Waals surface area contributed by atoms with Gasteiger partial charge in [0.25, 0.3) is 0 Å². The molecule has 102 valence electrons. The first-order valence-corrected chi connectivity index (χ1v) is 6.97. The fourth-order valence-corrected chi connectivity index (χ4v) is 4.22. The standard InChI is InChI=1S/C14H22O4/c1-16-2-3-17-9-18-14-6-10-4-11(7-14)13(15)12(5-10)8-14/h10-12H,2-9H2,1H3/t10?,11-,12+,14?. The van der Waals surface area contributed by atoms with Crippen molar-refractivity contribution in [3.05, 3.63) is 0 Å². The van der Waals surface area contributed by atoms with E-state index in [4.69, 9.17) is 14.2 Å². The molecule has 4 saturated carbocycles. The summed E-state index contributed by atoms with van der Waals surface area (Å²) >= 11 is 0. The average Bonchev–Trinajstić information content (AvgIpc) is 2.34. The van der Waals surface area contributed by atoms with Crippen LogP contribution in [0, 0.1) is 17.8 Å². The SMILES string of the molecule is COCCOCOC12CC3C[C@H](C1)C(=O)[C@@H](C3)C2. The first kappa shape index (κ1) is 12.6. The number of ketones is 1. The number of methoxy groups -OCH3 is 1. The summed E-state index contributed by atoms with van der Waals surface area (Å²) in [6, 6.07) is 0. The summed E-state index contributed by atoms with van der Waals surface area (Å²) in [5, 5.41) is 0. The number of ether oxygens (including phenoxy) is 3. The van der Waals surface area contributed by atoms with Crippen LogP contribution in [0.2, 0.25) is 0 Å². The number of Topliss-reactive ketones (excluding diaryl/α,β-unsaturated/α-hetero) is 1. The average molecular weight is 254 g/mol. The van der Waals surface area contributed by atoms with Gasteiger partial charge in [0.05, 0.1) is 18.8 Å². The van der Waals surface area contributed by atoms with Crippen molar-refractivity contribution >= 4 is 5.78 Å². The zero-order valence-corrected chi connectivity index (χ0v) is 11.0. The van der Waals surface area contributed by atoms with Crippen molar-refractivity contribution in [1.29, 1.82) is 0 Å². The molecule has 4 nitrogen and oxygen atoms in total. The molecule has 0 spiro atoms. The van der Waals surface area contributed by atoms with Crippen LogP contribution in [0.3, 0.4) is 0 Å². The second-order valence-corrected chi connectivity index (χ2v) is 6.09. The highest BCUT2D eigenvalue weighted by molar-refractivity contribution is 5.85. The molecule has 2 unspecified atom stereocenters. The maximum atomic E-state index is 12.0. The molecule has 0 N–H and O–H groups in total. The van der Waals surface area contributed by atoms with Crippen LogP contribution in [0.15, 0.2) is 0 Å². The van der Waals surface area contributed by atoms with Gasteiger partial charge < -0.3 is 14.2 Å². The van der Waals surface area contributed by atoms with E-state index in [0.29, 0.717) is 31.7 Å². The predicted molar refractivity (Wildman–Crippen MR) is 65.1 cm³/mol. The predicted octanol–water partition coefficient (Wildman–Crippen LogP) is 1.77. The Balaban J connectivity index is 1.54. The van der Waals surface area contributed by atoms with Gasteiger partial charge in [-0.1, -0.05) is 0 Å². The summed E-state index contributed by atoms with van der Waals surface area (Å²) in [4.78, 5) is 12.0. The van der Waals surface area contributed by atoms with Crippen molar-refractivity contribution < 1.29 is 19.0 Å². The van der Waals surface area contributed by atoms with Crippen LogP contribution in [0.5, 0.6) is 0 Å². The third-order valence-electron chi connectivity index (χ3n) is 4.82. The summed E-state index contributed by atoms with van der Waals surface area (Å²) in [6.07, 6.45) is 5.18. The number of hydrogen-bond acceptors (Lipinski definition) is 4. The van der Waals surface area contributed by atoms with Crippen LogP contribution >= 0.6 is 0 Å². The lowest BCUT2D eigenvalue weighted by Crippen LogP contribution is -2.56. The molecule has 4 rings (SSSR count). The van der Waals surface area contributed by atoms with Crippen molar-refractivity contribution in [2.24, 2.45) is 17.8 Å². The molecule has 0 saturated heterocycles. The molecular formula is C14H22O4. The van der Waals surface area contributed by atoms with Crippen LogP contribution in [0.25, 0.3) is 0 Å². The zero-order chi connectivity index (χ0) is 12.6. The third-order valence-corrected chi connectivity index (χ3v) is 4.82. The van der Waals surface area contributed by atoms with Crippen molar-refractivity contribution in [1.82, 2.24) is 0 Å². The number of hydrogen-bond donors (Lipinski definition) is 0. The molecule has 0 aliphatic heterocycles. The number of carbonyl (C=O) groups excluding carboxylic acids is 1. The lowest BCUT2D eigenvalue weighted by molar-refractivity contribution is -0.208. The zero-order valence-electron chi connectivity index (χ0n) is 11.0. The second kappa shape index (κ2) is 4.91. The van der Waals surface area contributed by atoms with E-state index in [1.54, 1.807) is 7.11 Å². The summed E-state index contributed by atoms with van der Waals surface area (Å²) in [7, 11) is 1.66. The van der Waals surface area contributed by atoms with Crippen LogP contribution < -0.4 is 0 Å². The van der Waals surface area contributed by atoms with Gasteiger partial charge in [-0.2, -0.15) is 0 Å². The largest absolute Gasteiger partial charge is 0.382 e. The van der Waals surface area contributed by atoms with Crippen molar-refractivity contribution in [3.8, 4) is 0 Å². The molecule has 4 aliphatic carbocycles. The highest BCUT2D eigenvalue weighted by Crippen LogP contribution is 2.55. The van der Waals surface area contributed by atoms with E-state index in [0.717, 1.165) is 32.1 Å². The smallest absolute Gasteiger partial charge is 0.147 e. The van der Waals surface area contributed by atoms with Gasteiger partial charge in [0.1, 0.15) is 12.6 Å². The van der Waals surface area contributed by atoms with E-state index in [-0.39, 0.29) is 17.4 Å². The summed E-state index contributed by atoms with van der Waals surface area (Å²) in [5.41, 5.74) is -0.0581. The monoisotopic (exact) mass is 254 g/mol. The highest BCUT2D eigenvalue weighted by atomic mass is 16.7. The molecule has 18 heavy (non-hydrogen) atoms. The molecule has 4 bridgehead atoms. The Morgan fingerprint density at radius 2 is 1.89 bits per heavy atom. The molecular weight excluding hydrogens is 232 g/mol. The topological polar surface area (TPSA) is 44.8 Å². The molecule has 0 aromatic rings. The van der Waals surface area contributed by atoms with Crippen molar-refractivity contribution in [2.75, 3.05) is 27.1 Å². The molecule has 4 fully saturated rings. The number of rotatable bonds is 6. The highest BCUT2D eigenvalue weighted by Gasteiger charge is 2.55. The molecule has 4 atom stereocenters. The van der Waals surface area contributed by atoms with Gasteiger partial charge in [-0.05, 0) is 38.0 Å². The van der Waals surface area contributed by atoms with Gasteiger partial charge >= 0.3 is 0 Å². The molecule has 0 heterocycles. The molecule has 0 aromatic heterocycles. The van der Waals surface area contributed by atoms with E-state index in [9.17, 15) is 4.79 Å². The molecule has 0 radical (unpaired) electrons. The van der Waals surface area contributed by atoms with Crippen LogP contribution in [0.4, 0.5) is 0 Å². The molecule has 4 aliphatic rings.